The lowest BCUT2D eigenvalue weighted by atomic mass is 10.1. The topological polar surface area (TPSA) is 50.9 Å². The van der Waals surface area contributed by atoms with Crippen LogP contribution in [0.15, 0.2) is 22.7 Å². The predicted octanol–water partition coefficient (Wildman–Crippen LogP) is 3.41. The molecule has 1 aromatic heterocycles. The van der Waals surface area contributed by atoms with Crippen molar-refractivity contribution in [2.24, 2.45) is 5.84 Å². The minimum absolute atomic E-state index is 0.907. The smallest absolute Gasteiger partial charge is 0.0759 e. The molecule has 0 aliphatic heterocycles. The van der Waals surface area contributed by atoms with Crippen molar-refractivity contribution in [3.8, 4) is 0 Å². The van der Waals surface area contributed by atoms with Crippen LogP contribution < -0.4 is 11.3 Å². The summed E-state index contributed by atoms with van der Waals surface area (Å²) in [7, 11) is 0. The van der Waals surface area contributed by atoms with Crippen LogP contribution >= 0.6 is 15.9 Å². The second kappa shape index (κ2) is 5.02. The van der Waals surface area contributed by atoms with Crippen LogP contribution in [0.1, 0.15) is 25.1 Å². The molecule has 3 nitrogen and oxygen atoms in total. The van der Waals surface area contributed by atoms with Gasteiger partial charge in [-0.25, -0.2) is 0 Å². The van der Waals surface area contributed by atoms with Crippen molar-refractivity contribution in [1.29, 1.82) is 0 Å². The molecule has 3 N–H and O–H groups in total. The summed E-state index contributed by atoms with van der Waals surface area (Å²) in [5, 5.41) is 1.07. The Morgan fingerprint density at radius 2 is 2.00 bits per heavy atom. The van der Waals surface area contributed by atoms with E-state index < -0.39 is 0 Å². The number of hydrazine groups is 1. The monoisotopic (exact) mass is 293 g/mol. The van der Waals surface area contributed by atoms with Crippen molar-refractivity contribution in [2.45, 2.75) is 26.7 Å². The van der Waals surface area contributed by atoms with E-state index in [1.807, 2.05) is 6.07 Å². The van der Waals surface area contributed by atoms with Crippen molar-refractivity contribution < 1.29 is 0 Å². The summed E-state index contributed by atoms with van der Waals surface area (Å²) in [4.78, 5) is 4.70. The van der Waals surface area contributed by atoms with E-state index in [2.05, 4.69) is 47.3 Å². The lowest BCUT2D eigenvalue weighted by Crippen LogP contribution is -2.09. The summed E-state index contributed by atoms with van der Waals surface area (Å²) < 4.78 is 1.06. The van der Waals surface area contributed by atoms with Gasteiger partial charge in [0.2, 0.25) is 0 Å². The zero-order chi connectivity index (χ0) is 12.4. The maximum Gasteiger partial charge on any atom is 0.0759 e. The predicted molar refractivity (Wildman–Crippen MR) is 76.0 cm³/mol. The minimum atomic E-state index is 0.907. The molecular formula is C13H16BrN3. The molecule has 17 heavy (non-hydrogen) atoms. The number of rotatable bonds is 3. The molecule has 0 atom stereocenters. The molecule has 0 spiro atoms. The van der Waals surface area contributed by atoms with Crippen LogP contribution in [0.4, 0.5) is 5.69 Å². The van der Waals surface area contributed by atoms with E-state index in [0.29, 0.717) is 0 Å². The number of benzene rings is 1. The van der Waals surface area contributed by atoms with Crippen molar-refractivity contribution in [2.75, 3.05) is 5.43 Å². The first-order valence-electron chi connectivity index (χ1n) is 5.78. The molecular weight excluding hydrogens is 278 g/mol. The molecule has 0 aliphatic carbocycles. The maximum absolute atomic E-state index is 5.59. The Labute approximate surface area is 110 Å². The number of aryl methyl sites for hydroxylation is 2. The molecule has 0 unspecified atom stereocenters. The Morgan fingerprint density at radius 3 is 2.59 bits per heavy atom. The molecule has 0 radical (unpaired) electrons. The normalized spacial score (nSPS) is 10.8. The van der Waals surface area contributed by atoms with Gasteiger partial charge in [0.25, 0.3) is 0 Å². The first-order chi connectivity index (χ1) is 8.19. The van der Waals surface area contributed by atoms with Gasteiger partial charge in [0.05, 0.1) is 11.2 Å². The van der Waals surface area contributed by atoms with E-state index in [9.17, 15) is 0 Å². The zero-order valence-corrected chi connectivity index (χ0v) is 11.6. The molecule has 2 rings (SSSR count). The Balaban J connectivity index is 2.83. The molecule has 0 aliphatic rings. The van der Waals surface area contributed by atoms with E-state index in [1.54, 1.807) is 0 Å². The minimum Gasteiger partial charge on any atom is -0.323 e. The van der Waals surface area contributed by atoms with E-state index >= 15 is 0 Å². The molecule has 1 aromatic carbocycles. The highest BCUT2D eigenvalue weighted by Crippen LogP contribution is 2.29. The standard InChI is InChI=1S/C13H16BrN3/c1-3-8-5-9(14)6-11-12(17-15)7-10(4-2)16-13(8)11/h5-7H,3-4,15H2,1-2H3,(H,16,17). The molecule has 2 aromatic rings. The number of pyridine rings is 1. The largest absolute Gasteiger partial charge is 0.323 e. The van der Waals surface area contributed by atoms with Crippen LogP contribution in [0.2, 0.25) is 0 Å². The van der Waals surface area contributed by atoms with Crippen LogP contribution in [-0.2, 0) is 12.8 Å². The van der Waals surface area contributed by atoms with Gasteiger partial charge in [-0.15, -0.1) is 0 Å². The van der Waals surface area contributed by atoms with Crippen LogP contribution in [-0.4, -0.2) is 4.98 Å². The van der Waals surface area contributed by atoms with Crippen molar-refractivity contribution in [3.05, 3.63) is 33.9 Å². The third-order valence-corrected chi connectivity index (χ3v) is 3.37. The number of aromatic nitrogens is 1. The number of hydrogen-bond acceptors (Lipinski definition) is 3. The number of nitrogen functional groups attached to an aromatic ring is 1. The third kappa shape index (κ3) is 2.28. The fourth-order valence-electron chi connectivity index (χ4n) is 1.98. The first-order valence-corrected chi connectivity index (χ1v) is 6.57. The lowest BCUT2D eigenvalue weighted by molar-refractivity contribution is 1.04. The number of halogens is 1. The highest BCUT2D eigenvalue weighted by atomic mass is 79.9. The van der Waals surface area contributed by atoms with Crippen molar-refractivity contribution in [3.63, 3.8) is 0 Å². The average Bonchev–Trinajstić information content (AvgIpc) is 2.36. The molecule has 0 saturated heterocycles. The summed E-state index contributed by atoms with van der Waals surface area (Å²) in [6.45, 7) is 4.23. The first kappa shape index (κ1) is 12.3. The fourth-order valence-corrected chi connectivity index (χ4v) is 2.49. The van der Waals surface area contributed by atoms with Gasteiger partial charge in [-0.2, -0.15) is 0 Å². The second-order valence-corrected chi connectivity index (χ2v) is 4.89. The van der Waals surface area contributed by atoms with Crippen molar-refractivity contribution >= 4 is 32.5 Å². The second-order valence-electron chi connectivity index (χ2n) is 3.97. The zero-order valence-electron chi connectivity index (χ0n) is 10.0. The Bertz CT molecular complexity index is 552. The average molecular weight is 294 g/mol. The van der Waals surface area contributed by atoms with Gasteiger partial charge in [-0.3, -0.25) is 10.8 Å². The quantitative estimate of drug-likeness (QED) is 0.673. The van der Waals surface area contributed by atoms with Crippen LogP contribution in [0.5, 0.6) is 0 Å². The number of anilines is 1. The molecule has 4 heteroatoms. The maximum atomic E-state index is 5.59. The van der Waals surface area contributed by atoms with Gasteiger partial charge in [-0.05, 0) is 36.6 Å². The van der Waals surface area contributed by atoms with Crippen LogP contribution in [0.3, 0.4) is 0 Å². The SMILES string of the molecule is CCc1cc(NN)c2cc(Br)cc(CC)c2n1. The fraction of sp³-hybridized carbons (Fsp3) is 0.308. The van der Waals surface area contributed by atoms with Gasteiger partial charge in [0.15, 0.2) is 0 Å². The number of fused-ring (bicyclic) bond motifs is 1. The van der Waals surface area contributed by atoms with Crippen LogP contribution in [0, 0.1) is 0 Å². The summed E-state index contributed by atoms with van der Waals surface area (Å²) in [6.07, 6.45) is 1.87. The number of nitrogens with zero attached hydrogens (tertiary/aromatic N) is 1. The summed E-state index contributed by atoms with van der Waals surface area (Å²) >= 11 is 3.53. The van der Waals surface area contributed by atoms with Gasteiger partial charge >= 0.3 is 0 Å². The van der Waals surface area contributed by atoms with Gasteiger partial charge in [-0.1, -0.05) is 29.8 Å². The highest BCUT2D eigenvalue weighted by Gasteiger charge is 2.09. The molecule has 0 amide bonds. The van der Waals surface area contributed by atoms with E-state index in [4.69, 9.17) is 10.8 Å². The molecule has 0 fully saturated rings. The summed E-state index contributed by atoms with van der Waals surface area (Å²) in [5.41, 5.74) is 7.04. The third-order valence-electron chi connectivity index (χ3n) is 2.91. The Morgan fingerprint density at radius 1 is 1.24 bits per heavy atom. The number of nitrogens with two attached hydrogens (primary N) is 1. The molecule has 0 saturated carbocycles. The van der Waals surface area contributed by atoms with E-state index in [-0.39, 0.29) is 0 Å². The van der Waals surface area contributed by atoms with Gasteiger partial charge < -0.3 is 5.43 Å². The lowest BCUT2D eigenvalue weighted by Gasteiger charge is -2.11. The summed E-state index contributed by atoms with van der Waals surface area (Å²) in [5.74, 6) is 5.59. The molecule has 1 heterocycles. The van der Waals surface area contributed by atoms with E-state index in [0.717, 1.165) is 39.6 Å². The molecule has 90 valence electrons. The van der Waals surface area contributed by atoms with Crippen LogP contribution in [0.25, 0.3) is 10.9 Å². The van der Waals surface area contributed by atoms with Crippen molar-refractivity contribution in [1.82, 2.24) is 4.98 Å². The van der Waals surface area contributed by atoms with Gasteiger partial charge in [0.1, 0.15) is 0 Å². The Kier molecular flexibility index (Phi) is 3.64. The van der Waals surface area contributed by atoms with Gasteiger partial charge in [0, 0.05) is 15.6 Å². The highest BCUT2D eigenvalue weighted by molar-refractivity contribution is 9.10. The number of nitrogens with one attached hydrogen (secondary N) is 1. The Hall–Kier alpha value is -1.13. The number of hydrogen-bond donors (Lipinski definition) is 2. The molecule has 0 bridgehead atoms. The summed E-state index contributed by atoms with van der Waals surface area (Å²) in [6, 6.07) is 6.18. The van der Waals surface area contributed by atoms with E-state index in [1.165, 1.54) is 5.56 Å².